The lowest BCUT2D eigenvalue weighted by Gasteiger charge is -2.18. The summed E-state index contributed by atoms with van der Waals surface area (Å²) in [5.74, 6) is 0.0449. The number of hydrogen-bond donors (Lipinski definition) is 1. The Morgan fingerprint density at radius 1 is 1.19 bits per heavy atom. The van der Waals surface area contributed by atoms with Crippen LogP contribution in [0.15, 0.2) is 51.7 Å². The summed E-state index contributed by atoms with van der Waals surface area (Å²) in [7, 11) is 0. The van der Waals surface area contributed by atoms with Gasteiger partial charge in [0.15, 0.2) is 5.43 Å². The van der Waals surface area contributed by atoms with E-state index in [9.17, 15) is 9.59 Å². The number of fused-ring (bicyclic) bond motifs is 1. The zero-order valence-electron chi connectivity index (χ0n) is 15.6. The fourth-order valence-corrected chi connectivity index (χ4v) is 3.04. The van der Waals surface area contributed by atoms with Crippen LogP contribution in [0.25, 0.3) is 22.3 Å². The molecule has 0 amide bonds. The van der Waals surface area contributed by atoms with Gasteiger partial charge in [-0.1, -0.05) is 25.5 Å². The second-order valence-corrected chi connectivity index (χ2v) is 6.70. The average molecular weight is 366 g/mol. The third-order valence-corrected chi connectivity index (χ3v) is 4.21. The SMILES string of the molecule is CCCc1cccc(-c2cc(=O)c3cc(C(=O)O)ccc3o2)c1OC(C)C. The van der Waals surface area contributed by atoms with E-state index in [1.54, 1.807) is 0 Å². The van der Waals surface area contributed by atoms with Gasteiger partial charge in [0.2, 0.25) is 0 Å². The van der Waals surface area contributed by atoms with Crippen LogP contribution < -0.4 is 10.2 Å². The Balaban J connectivity index is 2.20. The molecule has 27 heavy (non-hydrogen) atoms. The Hall–Kier alpha value is -3.08. The number of carbonyl (C=O) groups is 1. The summed E-state index contributed by atoms with van der Waals surface area (Å²) in [6.07, 6.45) is 1.81. The van der Waals surface area contributed by atoms with Gasteiger partial charge in [0.25, 0.3) is 0 Å². The minimum Gasteiger partial charge on any atom is -0.490 e. The second-order valence-electron chi connectivity index (χ2n) is 6.70. The first-order valence-electron chi connectivity index (χ1n) is 9.00. The lowest BCUT2D eigenvalue weighted by atomic mass is 10.0. The molecule has 3 aromatic rings. The first-order chi connectivity index (χ1) is 12.9. The number of para-hydroxylation sites is 1. The van der Waals surface area contributed by atoms with Crippen molar-refractivity contribution in [3.05, 3.63) is 63.8 Å². The van der Waals surface area contributed by atoms with E-state index >= 15 is 0 Å². The minimum absolute atomic E-state index is 0.0212. The Labute approximate surface area is 157 Å². The smallest absolute Gasteiger partial charge is 0.335 e. The normalized spacial score (nSPS) is 11.1. The molecule has 0 radical (unpaired) electrons. The molecule has 2 aromatic carbocycles. The highest BCUT2D eigenvalue weighted by Gasteiger charge is 2.17. The van der Waals surface area contributed by atoms with Crippen LogP contribution in [0.3, 0.4) is 0 Å². The fourth-order valence-electron chi connectivity index (χ4n) is 3.04. The molecular formula is C22H22O5. The van der Waals surface area contributed by atoms with Crippen molar-refractivity contribution < 1.29 is 19.1 Å². The lowest BCUT2D eigenvalue weighted by Crippen LogP contribution is -2.09. The Kier molecular flexibility index (Phi) is 5.31. The first-order valence-corrected chi connectivity index (χ1v) is 9.00. The largest absolute Gasteiger partial charge is 0.490 e. The molecule has 0 aliphatic rings. The van der Waals surface area contributed by atoms with Gasteiger partial charge in [-0.2, -0.15) is 0 Å². The Morgan fingerprint density at radius 3 is 2.63 bits per heavy atom. The second kappa shape index (κ2) is 7.66. The molecule has 1 aromatic heterocycles. The summed E-state index contributed by atoms with van der Waals surface area (Å²) < 4.78 is 12.0. The van der Waals surface area contributed by atoms with E-state index in [-0.39, 0.29) is 22.5 Å². The summed E-state index contributed by atoms with van der Waals surface area (Å²) in [5, 5.41) is 9.36. The third-order valence-electron chi connectivity index (χ3n) is 4.21. The van der Waals surface area contributed by atoms with Crippen LogP contribution in [0, 0.1) is 0 Å². The zero-order chi connectivity index (χ0) is 19.6. The first kappa shape index (κ1) is 18.7. The van der Waals surface area contributed by atoms with E-state index in [2.05, 4.69) is 6.92 Å². The number of rotatable bonds is 6. The van der Waals surface area contributed by atoms with Crippen molar-refractivity contribution in [2.24, 2.45) is 0 Å². The summed E-state index contributed by atoms with van der Waals surface area (Å²) >= 11 is 0. The van der Waals surface area contributed by atoms with Gasteiger partial charge in [-0.05, 0) is 50.1 Å². The lowest BCUT2D eigenvalue weighted by molar-refractivity contribution is 0.0697. The molecule has 0 aliphatic heterocycles. The Morgan fingerprint density at radius 2 is 1.96 bits per heavy atom. The summed E-state index contributed by atoms with van der Waals surface area (Å²) in [6.45, 7) is 6.01. The predicted molar refractivity (Wildman–Crippen MR) is 105 cm³/mol. The van der Waals surface area contributed by atoms with Crippen LogP contribution in [0.2, 0.25) is 0 Å². The topological polar surface area (TPSA) is 76.7 Å². The standard InChI is InChI=1S/C22H22O5/c1-4-6-14-7-5-8-16(21(14)26-13(2)3)20-12-18(23)17-11-15(22(24)25)9-10-19(17)27-20/h5,7-13H,4,6H2,1-3H3,(H,24,25). The van der Waals surface area contributed by atoms with E-state index in [0.717, 1.165) is 29.7 Å². The fraction of sp³-hybridized carbons (Fsp3) is 0.273. The van der Waals surface area contributed by atoms with Gasteiger partial charge >= 0.3 is 5.97 Å². The minimum atomic E-state index is -1.08. The monoisotopic (exact) mass is 366 g/mol. The molecule has 0 saturated heterocycles. The van der Waals surface area contributed by atoms with Crippen molar-refractivity contribution in [1.82, 2.24) is 0 Å². The van der Waals surface area contributed by atoms with Gasteiger partial charge < -0.3 is 14.3 Å². The van der Waals surface area contributed by atoms with Gasteiger partial charge in [-0.25, -0.2) is 4.79 Å². The summed E-state index contributed by atoms with van der Waals surface area (Å²) in [6, 6.07) is 11.5. The highest BCUT2D eigenvalue weighted by Crippen LogP contribution is 2.35. The quantitative estimate of drug-likeness (QED) is 0.671. The molecule has 0 bridgehead atoms. The number of aromatic carboxylic acids is 1. The predicted octanol–water partition coefficient (Wildman–Crippen LogP) is 4.90. The third kappa shape index (κ3) is 3.87. The van der Waals surface area contributed by atoms with E-state index in [0.29, 0.717) is 11.3 Å². The molecule has 5 nitrogen and oxygen atoms in total. The summed E-state index contributed by atoms with van der Waals surface area (Å²) in [4.78, 5) is 23.7. The molecule has 0 aliphatic carbocycles. The molecule has 5 heteroatoms. The van der Waals surface area contributed by atoms with Crippen molar-refractivity contribution in [3.63, 3.8) is 0 Å². The number of ether oxygens (including phenoxy) is 1. The molecule has 0 saturated carbocycles. The molecular weight excluding hydrogens is 344 g/mol. The van der Waals surface area contributed by atoms with Crippen LogP contribution in [-0.2, 0) is 6.42 Å². The molecule has 3 rings (SSSR count). The van der Waals surface area contributed by atoms with E-state index in [4.69, 9.17) is 14.3 Å². The van der Waals surface area contributed by atoms with Gasteiger partial charge in [0.1, 0.15) is 17.1 Å². The van der Waals surface area contributed by atoms with Crippen LogP contribution in [-0.4, -0.2) is 17.2 Å². The van der Waals surface area contributed by atoms with E-state index < -0.39 is 5.97 Å². The van der Waals surface area contributed by atoms with Crippen LogP contribution >= 0.6 is 0 Å². The van der Waals surface area contributed by atoms with Gasteiger partial charge in [-0.15, -0.1) is 0 Å². The molecule has 1 heterocycles. The van der Waals surface area contributed by atoms with E-state index in [1.807, 2.05) is 32.0 Å². The molecule has 140 valence electrons. The summed E-state index contributed by atoms with van der Waals surface area (Å²) in [5.41, 5.74) is 1.89. The van der Waals surface area contributed by atoms with E-state index in [1.165, 1.54) is 24.3 Å². The number of hydrogen-bond acceptors (Lipinski definition) is 4. The molecule has 0 atom stereocenters. The maximum atomic E-state index is 12.6. The maximum Gasteiger partial charge on any atom is 0.335 e. The molecule has 0 spiro atoms. The zero-order valence-corrected chi connectivity index (χ0v) is 15.6. The van der Waals surface area contributed by atoms with Crippen molar-refractivity contribution >= 4 is 16.9 Å². The van der Waals surface area contributed by atoms with Crippen LogP contribution in [0.5, 0.6) is 5.75 Å². The number of carboxylic acids is 1. The highest BCUT2D eigenvalue weighted by molar-refractivity contribution is 5.93. The van der Waals surface area contributed by atoms with Crippen LogP contribution in [0.4, 0.5) is 0 Å². The average Bonchev–Trinajstić information content (AvgIpc) is 2.62. The number of carboxylic acid groups (broad SMARTS) is 1. The van der Waals surface area contributed by atoms with Crippen molar-refractivity contribution in [3.8, 4) is 17.1 Å². The molecule has 1 N–H and O–H groups in total. The molecule has 0 fully saturated rings. The van der Waals surface area contributed by atoms with Crippen molar-refractivity contribution in [2.45, 2.75) is 39.7 Å². The highest BCUT2D eigenvalue weighted by atomic mass is 16.5. The molecule has 0 unspecified atom stereocenters. The van der Waals surface area contributed by atoms with Crippen molar-refractivity contribution in [1.29, 1.82) is 0 Å². The van der Waals surface area contributed by atoms with Gasteiger partial charge in [0, 0.05) is 6.07 Å². The number of benzene rings is 2. The maximum absolute atomic E-state index is 12.6. The van der Waals surface area contributed by atoms with Crippen LogP contribution in [0.1, 0.15) is 43.1 Å². The van der Waals surface area contributed by atoms with Gasteiger partial charge in [0.05, 0.1) is 22.6 Å². The number of aryl methyl sites for hydroxylation is 1. The Bertz CT molecular complexity index is 1050. The van der Waals surface area contributed by atoms with Crippen molar-refractivity contribution in [2.75, 3.05) is 0 Å². The van der Waals surface area contributed by atoms with Gasteiger partial charge in [-0.3, -0.25) is 4.79 Å².